The lowest BCUT2D eigenvalue weighted by Crippen LogP contribution is -2.28. The monoisotopic (exact) mass is 522 g/mol. The summed E-state index contributed by atoms with van der Waals surface area (Å²) in [6.45, 7) is 0.115. The molecule has 2 amide bonds. The van der Waals surface area contributed by atoms with Crippen molar-refractivity contribution in [1.29, 1.82) is 0 Å². The summed E-state index contributed by atoms with van der Waals surface area (Å²) in [6.07, 6.45) is 1.57. The minimum absolute atomic E-state index is 0.0555. The number of halogens is 3. The molecule has 0 aliphatic heterocycles. The summed E-state index contributed by atoms with van der Waals surface area (Å²) in [5.41, 5.74) is 1.60. The van der Waals surface area contributed by atoms with Gasteiger partial charge in [-0.25, -0.2) is 14.4 Å². The molecule has 6 nitrogen and oxygen atoms in total. The Hall–Kier alpha value is -2.49. The zero-order valence-electron chi connectivity index (χ0n) is 16.1. The molecule has 31 heavy (non-hydrogen) atoms. The molecule has 2 N–H and O–H groups in total. The predicted molar refractivity (Wildman–Crippen MR) is 123 cm³/mol. The molecule has 0 atom stereocenters. The van der Waals surface area contributed by atoms with Crippen LogP contribution >= 0.6 is 39.3 Å². The Morgan fingerprint density at radius 3 is 2.61 bits per heavy atom. The van der Waals surface area contributed by atoms with E-state index in [1.54, 1.807) is 0 Å². The van der Waals surface area contributed by atoms with Crippen molar-refractivity contribution in [1.82, 2.24) is 15.3 Å². The van der Waals surface area contributed by atoms with Crippen LogP contribution in [0.15, 0.2) is 64.4 Å². The topological polar surface area (TPSA) is 84.0 Å². The summed E-state index contributed by atoms with van der Waals surface area (Å²) in [7, 11) is 0. The van der Waals surface area contributed by atoms with Crippen LogP contribution in [0.5, 0.6) is 0 Å². The average Bonchev–Trinajstić information content (AvgIpc) is 2.75. The van der Waals surface area contributed by atoms with Gasteiger partial charge in [0.1, 0.15) is 11.5 Å². The number of aromatic nitrogens is 2. The molecule has 3 rings (SSSR count). The lowest BCUT2D eigenvalue weighted by molar-refractivity contribution is -0.116. The summed E-state index contributed by atoms with van der Waals surface area (Å²) < 4.78 is 13.4. The number of thioether (sulfide) groups is 1. The normalized spacial score (nSPS) is 10.5. The first-order valence-electron chi connectivity index (χ1n) is 9.15. The van der Waals surface area contributed by atoms with E-state index in [0.717, 1.165) is 5.56 Å². The van der Waals surface area contributed by atoms with Gasteiger partial charge < -0.3 is 10.6 Å². The van der Waals surface area contributed by atoms with Crippen molar-refractivity contribution in [2.75, 3.05) is 11.9 Å². The summed E-state index contributed by atoms with van der Waals surface area (Å²) in [5.74, 6) is -0.551. The van der Waals surface area contributed by atoms with Crippen molar-refractivity contribution in [2.24, 2.45) is 0 Å². The average molecular weight is 524 g/mol. The quantitative estimate of drug-likeness (QED) is 0.318. The van der Waals surface area contributed by atoms with Crippen molar-refractivity contribution in [3.63, 3.8) is 0 Å². The van der Waals surface area contributed by atoms with E-state index in [9.17, 15) is 14.0 Å². The van der Waals surface area contributed by atoms with Gasteiger partial charge in [0.25, 0.3) is 5.91 Å². The summed E-state index contributed by atoms with van der Waals surface area (Å²) in [5, 5.41) is 6.39. The first-order valence-corrected chi connectivity index (χ1v) is 11.3. The van der Waals surface area contributed by atoms with E-state index in [-0.39, 0.29) is 30.4 Å². The number of anilines is 1. The fraction of sp³-hybridized carbons (Fsp3) is 0.143. The van der Waals surface area contributed by atoms with Gasteiger partial charge in [-0.2, -0.15) is 0 Å². The summed E-state index contributed by atoms with van der Waals surface area (Å²) in [6, 6.07) is 12.9. The standard InChI is InChI=1S/C21H17BrClFN4O2S/c22-16-11-26-21(31-12-13-3-1-2-4-17(13)23)28-19(16)20(30)25-10-9-18(29)27-15-7-5-14(24)6-8-15/h1-8,11H,9-10,12H2,(H,25,30)(H,27,29). The highest BCUT2D eigenvalue weighted by atomic mass is 79.9. The Morgan fingerprint density at radius 2 is 1.87 bits per heavy atom. The largest absolute Gasteiger partial charge is 0.350 e. The molecule has 3 aromatic rings. The number of nitrogens with zero attached hydrogens (tertiary/aromatic N) is 2. The lowest BCUT2D eigenvalue weighted by atomic mass is 10.2. The molecule has 0 aliphatic rings. The van der Waals surface area contributed by atoms with E-state index in [4.69, 9.17) is 11.6 Å². The molecule has 1 heterocycles. The van der Waals surface area contributed by atoms with Crippen LogP contribution in [0.1, 0.15) is 22.5 Å². The van der Waals surface area contributed by atoms with E-state index in [1.165, 1.54) is 42.2 Å². The minimum Gasteiger partial charge on any atom is -0.350 e. The van der Waals surface area contributed by atoms with Crippen molar-refractivity contribution >= 4 is 56.8 Å². The van der Waals surface area contributed by atoms with Gasteiger partial charge in [-0.1, -0.05) is 41.6 Å². The number of hydrogen-bond acceptors (Lipinski definition) is 5. The SMILES string of the molecule is O=C(CCNC(=O)c1nc(SCc2ccccc2Cl)ncc1Br)Nc1ccc(F)cc1. The van der Waals surface area contributed by atoms with Gasteiger partial charge in [0.05, 0.1) is 4.47 Å². The molecule has 0 aliphatic carbocycles. The fourth-order valence-electron chi connectivity index (χ4n) is 2.47. The van der Waals surface area contributed by atoms with Gasteiger partial charge >= 0.3 is 0 Å². The first kappa shape index (κ1) is 23.2. The number of rotatable bonds is 8. The Bertz CT molecular complexity index is 1090. The zero-order valence-corrected chi connectivity index (χ0v) is 19.2. The van der Waals surface area contributed by atoms with Crippen LogP contribution in [0.3, 0.4) is 0 Å². The molecule has 0 saturated heterocycles. The van der Waals surface area contributed by atoms with Crippen LogP contribution in [0, 0.1) is 5.82 Å². The van der Waals surface area contributed by atoms with Crippen molar-refractivity contribution in [3.05, 3.63) is 81.3 Å². The maximum atomic E-state index is 12.9. The van der Waals surface area contributed by atoms with Crippen LogP contribution in [0.2, 0.25) is 5.02 Å². The van der Waals surface area contributed by atoms with E-state index < -0.39 is 5.91 Å². The minimum atomic E-state index is -0.427. The van der Waals surface area contributed by atoms with E-state index in [1.807, 2.05) is 24.3 Å². The highest BCUT2D eigenvalue weighted by molar-refractivity contribution is 9.10. The summed E-state index contributed by atoms with van der Waals surface area (Å²) in [4.78, 5) is 33.0. The van der Waals surface area contributed by atoms with Gasteiger partial charge in [0.2, 0.25) is 5.91 Å². The predicted octanol–water partition coefficient (Wildman–Crippen LogP) is 5.08. The van der Waals surface area contributed by atoms with Gasteiger partial charge in [0.15, 0.2) is 5.16 Å². The number of benzene rings is 2. The Kier molecular flexibility index (Phi) is 8.39. The lowest BCUT2D eigenvalue weighted by Gasteiger charge is -2.09. The van der Waals surface area contributed by atoms with Crippen LogP contribution in [-0.2, 0) is 10.5 Å². The van der Waals surface area contributed by atoms with Crippen LogP contribution in [-0.4, -0.2) is 28.3 Å². The summed E-state index contributed by atoms with van der Waals surface area (Å²) >= 11 is 10.8. The first-order chi connectivity index (χ1) is 14.9. The number of carbonyl (C=O) groups is 2. The van der Waals surface area contributed by atoms with Crippen LogP contribution < -0.4 is 10.6 Å². The fourth-order valence-corrected chi connectivity index (χ4v) is 3.94. The Labute approximate surface area is 196 Å². The third-order valence-corrected chi connectivity index (χ3v) is 5.88. The van der Waals surface area contributed by atoms with Gasteiger partial charge in [-0.15, -0.1) is 0 Å². The second kappa shape index (κ2) is 11.2. The van der Waals surface area contributed by atoms with E-state index in [0.29, 0.717) is 26.1 Å². The molecule has 0 spiro atoms. The van der Waals surface area contributed by atoms with Crippen LogP contribution in [0.4, 0.5) is 10.1 Å². The smallest absolute Gasteiger partial charge is 0.271 e. The number of carbonyl (C=O) groups excluding carboxylic acids is 2. The van der Waals surface area contributed by atoms with Crippen LogP contribution in [0.25, 0.3) is 0 Å². The molecule has 0 fully saturated rings. The highest BCUT2D eigenvalue weighted by Gasteiger charge is 2.15. The molecular weight excluding hydrogens is 507 g/mol. The van der Waals surface area contributed by atoms with Gasteiger partial charge in [0, 0.05) is 35.6 Å². The second-order valence-corrected chi connectivity index (χ2v) is 8.49. The molecule has 10 heteroatoms. The highest BCUT2D eigenvalue weighted by Crippen LogP contribution is 2.25. The van der Waals surface area contributed by atoms with Crippen molar-refractivity contribution in [2.45, 2.75) is 17.3 Å². The Morgan fingerprint density at radius 1 is 1.13 bits per heavy atom. The molecule has 0 unspecified atom stereocenters. The zero-order chi connectivity index (χ0) is 22.2. The third-order valence-electron chi connectivity index (χ3n) is 4.02. The van der Waals surface area contributed by atoms with E-state index >= 15 is 0 Å². The molecule has 2 aromatic carbocycles. The maximum Gasteiger partial charge on any atom is 0.271 e. The Balaban J connectivity index is 1.52. The maximum absolute atomic E-state index is 12.9. The van der Waals surface area contributed by atoms with Gasteiger partial charge in [-0.3, -0.25) is 9.59 Å². The second-order valence-electron chi connectivity index (χ2n) is 6.29. The van der Waals surface area contributed by atoms with E-state index in [2.05, 4.69) is 36.5 Å². The molecule has 160 valence electrons. The molecular formula is C21H17BrClFN4O2S. The molecule has 0 bridgehead atoms. The third kappa shape index (κ3) is 7.02. The number of hydrogen-bond donors (Lipinski definition) is 2. The van der Waals surface area contributed by atoms with Crippen molar-refractivity contribution in [3.8, 4) is 0 Å². The van der Waals surface area contributed by atoms with Crippen molar-refractivity contribution < 1.29 is 14.0 Å². The van der Waals surface area contributed by atoms with Gasteiger partial charge in [-0.05, 0) is 51.8 Å². The molecule has 0 radical (unpaired) electrons. The number of amides is 2. The molecule has 1 aromatic heterocycles. The number of nitrogens with one attached hydrogen (secondary N) is 2. The molecule has 0 saturated carbocycles.